The summed E-state index contributed by atoms with van der Waals surface area (Å²) in [6.07, 6.45) is 2.11. The monoisotopic (exact) mass is 128 g/mol. The molecule has 2 nitrogen and oxygen atoms in total. The van der Waals surface area contributed by atoms with Crippen LogP contribution in [0.25, 0.3) is 0 Å². The molecule has 0 aliphatic carbocycles. The van der Waals surface area contributed by atoms with Gasteiger partial charge in [-0.1, -0.05) is 5.57 Å². The second kappa shape index (κ2) is 4.39. The molecule has 1 N–H and O–H groups in total. The molecule has 2 heteroatoms. The van der Waals surface area contributed by atoms with Gasteiger partial charge >= 0.3 is 0 Å². The largest absolute Gasteiger partial charge is 0.368 e. The molecule has 0 aromatic heterocycles. The Hall–Kier alpha value is -0.500. The van der Waals surface area contributed by atoms with Crippen LogP contribution in [-0.2, 0) is 0 Å². The topological polar surface area (TPSA) is 15.3 Å². The van der Waals surface area contributed by atoms with Gasteiger partial charge in [0.1, 0.15) is 0 Å². The average molecular weight is 128 g/mol. The Kier molecular flexibility index (Phi) is 4.14. The molecule has 0 bridgehead atoms. The molecule has 0 saturated carbocycles. The van der Waals surface area contributed by atoms with Gasteiger partial charge in [0.05, 0.1) is 6.67 Å². The van der Waals surface area contributed by atoms with Gasteiger partial charge in [-0.05, 0) is 27.1 Å². The molecule has 0 spiro atoms. The van der Waals surface area contributed by atoms with Crippen molar-refractivity contribution in [2.24, 2.45) is 0 Å². The first-order chi connectivity index (χ1) is 4.16. The summed E-state index contributed by atoms with van der Waals surface area (Å²) >= 11 is 0. The van der Waals surface area contributed by atoms with E-state index < -0.39 is 0 Å². The minimum atomic E-state index is 0.908. The van der Waals surface area contributed by atoms with Crippen molar-refractivity contribution in [1.82, 2.24) is 10.2 Å². The standard InChI is InChI=1S/C7H16N2/c1-7(2)5-9(4)6-8-3/h5,8H,6H2,1-4H3. The first-order valence-electron chi connectivity index (χ1n) is 3.16. The predicted molar refractivity (Wildman–Crippen MR) is 41.1 cm³/mol. The molecule has 0 radical (unpaired) electrons. The molecule has 54 valence electrons. The Morgan fingerprint density at radius 1 is 1.56 bits per heavy atom. The van der Waals surface area contributed by atoms with Crippen molar-refractivity contribution >= 4 is 0 Å². The van der Waals surface area contributed by atoms with Gasteiger partial charge in [-0.3, -0.25) is 0 Å². The fourth-order valence-electron chi connectivity index (χ4n) is 0.736. The summed E-state index contributed by atoms with van der Waals surface area (Å²) < 4.78 is 0. The van der Waals surface area contributed by atoms with Gasteiger partial charge in [0, 0.05) is 7.05 Å². The maximum absolute atomic E-state index is 3.05. The van der Waals surface area contributed by atoms with Gasteiger partial charge in [0.2, 0.25) is 0 Å². The van der Waals surface area contributed by atoms with Crippen LogP contribution < -0.4 is 5.32 Å². The van der Waals surface area contributed by atoms with Gasteiger partial charge in [-0.15, -0.1) is 0 Å². The molecule has 0 fully saturated rings. The molecule has 0 aliphatic rings. The van der Waals surface area contributed by atoms with Crippen molar-refractivity contribution < 1.29 is 0 Å². The van der Waals surface area contributed by atoms with E-state index in [0.717, 1.165) is 6.67 Å². The van der Waals surface area contributed by atoms with Crippen molar-refractivity contribution in [3.63, 3.8) is 0 Å². The van der Waals surface area contributed by atoms with Crippen molar-refractivity contribution in [3.05, 3.63) is 11.8 Å². The molecule has 0 amide bonds. The smallest absolute Gasteiger partial charge is 0.0670 e. The summed E-state index contributed by atoms with van der Waals surface area (Å²) in [6, 6.07) is 0. The molecule has 0 aromatic carbocycles. The number of hydrogen-bond acceptors (Lipinski definition) is 2. The van der Waals surface area contributed by atoms with E-state index in [2.05, 4.69) is 30.3 Å². The molecule has 0 aliphatic heterocycles. The van der Waals surface area contributed by atoms with Crippen LogP contribution in [0.3, 0.4) is 0 Å². The van der Waals surface area contributed by atoms with E-state index in [9.17, 15) is 0 Å². The quantitative estimate of drug-likeness (QED) is 0.571. The summed E-state index contributed by atoms with van der Waals surface area (Å²) in [5.41, 5.74) is 1.33. The van der Waals surface area contributed by atoms with Crippen molar-refractivity contribution in [3.8, 4) is 0 Å². The Morgan fingerprint density at radius 2 is 2.11 bits per heavy atom. The highest BCUT2D eigenvalue weighted by Gasteiger charge is 1.85. The third-order valence-corrected chi connectivity index (χ3v) is 0.886. The van der Waals surface area contributed by atoms with Crippen LogP contribution in [0.15, 0.2) is 11.8 Å². The minimum Gasteiger partial charge on any atom is -0.368 e. The van der Waals surface area contributed by atoms with Crippen LogP contribution in [0.2, 0.25) is 0 Å². The third kappa shape index (κ3) is 5.37. The zero-order chi connectivity index (χ0) is 7.28. The van der Waals surface area contributed by atoms with E-state index >= 15 is 0 Å². The molecule has 0 atom stereocenters. The van der Waals surface area contributed by atoms with Crippen LogP contribution in [0.1, 0.15) is 13.8 Å². The normalized spacial score (nSPS) is 8.89. The zero-order valence-corrected chi connectivity index (χ0v) is 6.73. The maximum Gasteiger partial charge on any atom is 0.0670 e. The van der Waals surface area contributed by atoms with E-state index in [-0.39, 0.29) is 0 Å². The molecular weight excluding hydrogens is 112 g/mol. The molecule has 0 unspecified atom stereocenters. The lowest BCUT2D eigenvalue weighted by Crippen LogP contribution is -2.23. The lowest BCUT2D eigenvalue weighted by molar-refractivity contribution is 0.424. The Morgan fingerprint density at radius 3 is 2.44 bits per heavy atom. The zero-order valence-electron chi connectivity index (χ0n) is 6.73. The number of allylic oxidation sites excluding steroid dienone is 1. The van der Waals surface area contributed by atoms with E-state index in [1.54, 1.807) is 0 Å². The highest BCUT2D eigenvalue weighted by atomic mass is 15.2. The van der Waals surface area contributed by atoms with Crippen LogP contribution in [0.5, 0.6) is 0 Å². The van der Waals surface area contributed by atoms with Crippen molar-refractivity contribution in [2.45, 2.75) is 13.8 Å². The predicted octanol–water partition coefficient (Wildman–Crippen LogP) is 1.02. The Bertz CT molecular complexity index is 93.1. The van der Waals surface area contributed by atoms with Gasteiger partial charge in [-0.25, -0.2) is 0 Å². The van der Waals surface area contributed by atoms with Crippen LogP contribution in [-0.4, -0.2) is 25.7 Å². The fraction of sp³-hybridized carbons (Fsp3) is 0.714. The van der Waals surface area contributed by atoms with Crippen molar-refractivity contribution in [2.75, 3.05) is 20.8 Å². The molecule has 0 saturated heterocycles. The lowest BCUT2D eigenvalue weighted by atomic mass is 10.4. The highest BCUT2D eigenvalue weighted by Crippen LogP contribution is 1.90. The van der Waals surface area contributed by atoms with E-state index in [4.69, 9.17) is 0 Å². The second-order valence-corrected chi connectivity index (χ2v) is 2.48. The van der Waals surface area contributed by atoms with Crippen LogP contribution in [0, 0.1) is 0 Å². The summed E-state index contributed by atoms with van der Waals surface area (Å²) in [6.45, 7) is 5.09. The van der Waals surface area contributed by atoms with Gasteiger partial charge in [0.25, 0.3) is 0 Å². The van der Waals surface area contributed by atoms with Gasteiger partial charge in [-0.2, -0.15) is 0 Å². The van der Waals surface area contributed by atoms with Gasteiger partial charge < -0.3 is 10.2 Å². The SMILES string of the molecule is CNCN(C)C=C(C)C. The molecule has 0 heterocycles. The molecular formula is C7H16N2. The van der Waals surface area contributed by atoms with Gasteiger partial charge in [0.15, 0.2) is 0 Å². The summed E-state index contributed by atoms with van der Waals surface area (Å²) in [4.78, 5) is 2.11. The number of nitrogens with one attached hydrogen (secondary N) is 1. The van der Waals surface area contributed by atoms with E-state index in [1.165, 1.54) is 5.57 Å². The van der Waals surface area contributed by atoms with E-state index in [0.29, 0.717) is 0 Å². The van der Waals surface area contributed by atoms with Crippen LogP contribution >= 0.6 is 0 Å². The first kappa shape index (κ1) is 8.50. The first-order valence-corrected chi connectivity index (χ1v) is 3.16. The highest BCUT2D eigenvalue weighted by molar-refractivity contribution is 4.91. The fourth-order valence-corrected chi connectivity index (χ4v) is 0.736. The average Bonchev–Trinajstić information content (AvgIpc) is 1.63. The van der Waals surface area contributed by atoms with E-state index in [1.807, 2.05) is 14.1 Å². The van der Waals surface area contributed by atoms with Crippen LogP contribution in [0.4, 0.5) is 0 Å². The van der Waals surface area contributed by atoms with Crippen molar-refractivity contribution in [1.29, 1.82) is 0 Å². The Labute approximate surface area is 57.5 Å². The third-order valence-electron chi connectivity index (χ3n) is 0.886. The minimum absolute atomic E-state index is 0.908. The molecule has 0 aromatic rings. The lowest BCUT2D eigenvalue weighted by Gasteiger charge is -2.12. The number of rotatable bonds is 3. The number of hydrogen-bond donors (Lipinski definition) is 1. The Balaban J connectivity index is 3.49. The summed E-state index contributed by atoms with van der Waals surface area (Å²) in [7, 11) is 3.98. The number of nitrogens with zero attached hydrogens (tertiary/aromatic N) is 1. The summed E-state index contributed by atoms with van der Waals surface area (Å²) in [5.74, 6) is 0. The molecule has 9 heavy (non-hydrogen) atoms. The summed E-state index contributed by atoms with van der Waals surface area (Å²) in [5, 5.41) is 3.05. The second-order valence-electron chi connectivity index (χ2n) is 2.48. The molecule has 0 rings (SSSR count). The maximum atomic E-state index is 3.05.